The Hall–Kier alpha value is -1.85. The summed E-state index contributed by atoms with van der Waals surface area (Å²) < 4.78 is 1.48. The molecule has 2 rings (SSSR count). The Morgan fingerprint density at radius 2 is 2.36 bits per heavy atom. The zero-order valence-electron chi connectivity index (χ0n) is 8.02. The van der Waals surface area contributed by atoms with Crippen LogP contribution in [0.15, 0.2) is 6.33 Å². The normalized spacial score (nSPS) is 10.7. The SMILES string of the molecule is CCNc1c(O)c(C)nc2ncnn12. The minimum atomic E-state index is 0.116. The van der Waals surface area contributed by atoms with E-state index in [4.69, 9.17) is 0 Å². The van der Waals surface area contributed by atoms with Crippen LogP contribution < -0.4 is 5.32 Å². The van der Waals surface area contributed by atoms with Crippen LogP contribution >= 0.6 is 0 Å². The van der Waals surface area contributed by atoms with Crippen LogP contribution in [0.5, 0.6) is 5.75 Å². The summed E-state index contributed by atoms with van der Waals surface area (Å²) in [5.74, 6) is 1.13. The third kappa shape index (κ3) is 1.15. The van der Waals surface area contributed by atoms with Crippen molar-refractivity contribution in [3.8, 4) is 5.75 Å². The van der Waals surface area contributed by atoms with E-state index in [1.807, 2.05) is 6.92 Å². The Morgan fingerprint density at radius 1 is 1.57 bits per heavy atom. The summed E-state index contributed by atoms with van der Waals surface area (Å²) in [5.41, 5.74) is 0.543. The van der Waals surface area contributed by atoms with E-state index < -0.39 is 0 Å². The Bertz CT molecular complexity index is 464. The summed E-state index contributed by atoms with van der Waals surface area (Å²) in [6.07, 6.45) is 1.40. The first-order valence-electron chi connectivity index (χ1n) is 4.37. The molecule has 0 saturated heterocycles. The molecular formula is C8H11N5O. The Kier molecular flexibility index (Phi) is 1.95. The number of hydrogen-bond acceptors (Lipinski definition) is 5. The Labute approximate surface area is 80.6 Å². The van der Waals surface area contributed by atoms with Gasteiger partial charge in [0, 0.05) is 6.54 Å². The number of fused-ring (bicyclic) bond motifs is 1. The fraction of sp³-hybridized carbons (Fsp3) is 0.375. The minimum Gasteiger partial charge on any atom is -0.503 e. The molecule has 0 unspecified atom stereocenters. The molecule has 74 valence electrons. The van der Waals surface area contributed by atoms with Crippen LogP contribution in [0.4, 0.5) is 5.82 Å². The molecule has 14 heavy (non-hydrogen) atoms. The lowest BCUT2D eigenvalue weighted by molar-refractivity contribution is 0.465. The highest BCUT2D eigenvalue weighted by molar-refractivity contribution is 5.56. The number of anilines is 1. The second-order valence-corrected chi connectivity index (χ2v) is 2.90. The van der Waals surface area contributed by atoms with Crippen molar-refractivity contribution in [2.75, 3.05) is 11.9 Å². The lowest BCUT2D eigenvalue weighted by Crippen LogP contribution is -2.06. The maximum atomic E-state index is 9.73. The van der Waals surface area contributed by atoms with Gasteiger partial charge in [0.2, 0.25) is 0 Å². The molecule has 0 aliphatic carbocycles. The highest BCUT2D eigenvalue weighted by Crippen LogP contribution is 2.25. The predicted molar refractivity (Wildman–Crippen MR) is 51.3 cm³/mol. The molecular weight excluding hydrogens is 182 g/mol. The zero-order valence-corrected chi connectivity index (χ0v) is 8.02. The predicted octanol–water partition coefficient (Wildman–Crippen LogP) is 0.570. The molecule has 2 aromatic rings. The molecule has 0 radical (unpaired) electrons. The molecule has 2 aromatic heterocycles. The van der Waals surface area contributed by atoms with E-state index in [9.17, 15) is 5.11 Å². The number of aromatic nitrogens is 4. The van der Waals surface area contributed by atoms with Gasteiger partial charge in [-0.15, -0.1) is 0 Å². The number of aromatic hydroxyl groups is 1. The van der Waals surface area contributed by atoms with E-state index in [1.54, 1.807) is 6.92 Å². The van der Waals surface area contributed by atoms with Crippen LogP contribution in [-0.4, -0.2) is 31.2 Å². The molecule has 0 aliphatic heterocycles. The summed E-state index contributed by atoms with van der Waals surface area (Å²) in [6, 6.07) is 0. The number of aryl methyl sites for hydroxylation is 1. The zero-order chi connectivity index (χ0) is 10.1. The summed E-state index contributed by atoms with van der Waals surface area (Å²) in [6.45, 7) is 4.37. The van der Waals surface area contributed by atoms with Crippen molar-refractivity contribution < 1.29 is 5.11 Å². The molecule has 0 saturated carbocycles. The molecule has 0 amide bonds. The average Bonchev–Trinajstić information content (AvgIpc) is 2.60. The monoisotopic (exact) mass is 193 g/mol. The molecule has 0 aliphatic rings. The molecule has 0 bridgehead atoms. The maximum absolute atomic E-state index is 9.73. The van der Waals surface area contributed by atoms with Crippen LogP contribution in [0.2, 0.25) is 0 Å². The van der Waals surface area contributed by atoms with E-state index >= 15 is 0 Å². The van der Waals surface area contributed by atoms with Crippen LogP contribution in [0.25, 0.3) is 5.78 Å². The molecule has 0 fully saturated rings. The van der Waals surface area contributed by atoms with Crippen molar-refractivity contribution in [3.63, 3.8) is 0 Å². The van der Waals surface area contributed by atoms with Gasteiger partial charge in [0.15, 0.2) is 11.6 Å². The topological polar surface area (TPSA) is 75.3 Å². The van der Waals surface area contributed by atoms with Gasteiger partial charge in [-0.05, 0) is 13.8 Å². The van der Waals surface area contributed by atoms with Gasteiger partial charge in [-0.1, -0.05) is 0 Å². The molecule has 0 spiro atoms. The van der Waals surface area contributed by atoms with Crippen LogP contribution in [0.1, 0.15) is 12.6 Å². The van der Waals surface area contributed by atoms with Crippen molar-refractivity contribution >= 4 is 11.6 Å². The van der Waals surface area contributed by atoms with E-state index in [2.05, 4.69) is 20.4 Å². The van der Waals surface area contributed by atoms with Gasteiger partial charge in [0.05, 0.1) is 5.69 Å². The van der Waals surface area contributed by atoms with E-state index in [0.29, 0.717) is 23.8 Å². The quantitative estimate of drug-likeness (QED) is 0.729. The lowest BCUT2D eigenvalue weighted by Gasteiger charge is -2.08. The van der Waals surface area contributed by atoms with Crippen molar-refractivity contribution in [3.05, 3.63) is 12.0 Å². The Balaban J connectivity index is 2.73. The third-order valence-electron chi connectivity index (χ3n) is 1.92. The van der Waals surface area contributed by atoms with Gasteiger partial charge in [-0.3, -0.25) is 0 Å². The summed E-state index contributed by atoms with van der Waals surface area (Å²) >= 11 is 0. The van der Waals surface area contributed by atoms with Crippen LogP contribution in [0.3, 0.4) is 0 Å². The molecule has 6 heteroatoms. The minimum absolute atomic E-state index is 0.116. The van der Waals surface area contributed by atoms with Crippen molar-refractivity contribution in [2.45, 2.75) is 13.8 Å². The molecule has 2 heterocycles. The third-order valence-corrected chi connectivity index (χ3v) is 1.92. The molecule has 0 atom stereocenters. The van der Waals surface area contributed by atoms with Gasteiger partial charge in [-0.2, -0.15) is 14.6 Å². The maximum Gasteiger partial charge on any atom is 0.254 e. The molecule has 0 aromatic carbocycles. The molecule has 2 N–H and O–H groups in total. The lowest BCUT2D eigenvalue weighted by atomic mass is 10.4. The first-order chi connectivity index (χ1) is 6.74. The fourth-order valence-corrected chi connectivity index (χ4v) is 1.27. The van der Waals surface area contributed by atoms with Gasteiger partial charge in [0.25, 0.3) is 5.78 Å². The largest absolute Gasteiger partial charge is 0.503 e. The first-order valence-corrected chi connectivity index (χ1v) is 4.37. The van der Waals surface area contributed by atoms with Crippen molar-refractivity contribution in [1.29, 1.82) is 0 Å². The second-order valence-electron chi connectivity index (χ2n) is 2.90. The van der Waals surface area contributed by atoms with Gasteiger partial charge < -0.3 is 10.4 Å². The number of hydrogen-bond donors (Lipinski definition) is 2. The van der Waals surface area contributed by atoms with Crippen molar-refractivity contribution in [1.82, 2.24) is 19.6 Å². The number of nitrogens with zero attached hydrogens (tertiary/aromatic N) is 4. The van der Waals surface area contributed by atoms with Crippen LogP contribution in [-0.2, 0) is 0 Å². The standard InChI is InChI=1S/C8H11N5O/c1-3-9-7-6(14)5(2)12-8-10-4-11-13(7)8/h4,9,14H,3H2,1-2H3. The smallest absolute Gasteiger partial charge is 0.254 e. The van der Waals surface area contributed by atoms with Gasteiger partial charge in [0.1, 0.15) is 6.33 Å². The highest BCUT2D eigenvalue weighted by Gasteiger charge is 2.11. The average molecular weight is 193 g/mol. The van der Waals surface area contributed by atoms with E-state index in [-0.39, 0.29) is 5.75 Å². The highest BCUT2D eigenvalue weighted by atomic mass is 16.3. The van der Waals surface area contributed by atoms with E-state index in [1.165, 1.54) is 10.8 Å². The molecule has 6 nitrogen and oxygen atoms in total. The van der Waals surface area contributed by atoms with Gasteiger partial charge >= 0.3 is 0 Å². The fourth-order valence-electron chi connectivity index (χ4n) is 1.27. The second kappa shape index (κ2) is 3.13. The summed E-state index contributed by atoms with van der Waals surface area (Å²) in [5, 5.41) is 16.7. The van der Waals surface area contributed by atoms with Crippen molar-refractivity contribution in [2.24, 2.45) is 0 Å². The number of nitrogens with one attached hydrogen (secondary N) is 1. The number of rotatable bonds is 2. The van der Waals surface area contributed by atoms with E-state index in [0.717, 1.165) is 0 Å². The van der Waals surface area contributed by atoms with Crippen LogP contribution in [0, 0.1) is 6.92 Å². The summed E-state index contributed by atoms with van der Waals surface area (Å²) in [4.78, 5) is 8.03. The summed E-state index contributed by atoms with van der Waals surface area (Å²) in [7, 11) is 0. The Morgan fingerprint density at radius 3 is 3.07 bits per heavy atom. The van der Waals surface area contributed by atoms with Gasteiger partial charge in [-0.25, -0.2) is 4.98 Å². The first kappa shape index (κ1) is 8.74.